The molecule has 10 nitrogen and oxygen atoms in total. The van der Waals surface area contributed by atoms with E-state index in [1.165, 1.54) is 48.5 Å². The molecule has 1 fully saturated rings. The largest absolute Gasteiger partial charge is 0.487 e. The summed E-state index contributed by atoms with van der Waals surface area (Å²) in [4.78, 5) is 17.3. The number of hydrogen-bond acceptors (Lipinski definition) is 10. The van der Waals surface area contributed by atoms with Gasteiger partial charge in [-0.25, -0.2) is 17.6 Å². The lowest BCUT2D eigenvalue weighted by Gasteiger charge is -2.49. The Morgan fingerprint density at radius 3 is 1.70 bits per heavy atom. The van der Waals surface area contributed by atoms with Crippen LogP contribution in [0.2, 0.25) is 0 Å². The van der Waals surface area contributed by atoms with Gasteiger partial charge < -0.3 is 33.9 Å². The van der Waals surface area contributed by atoms with E-state index in [4.69, 9.17) is 23.7 Å². The molecule has 1 saturated heterocycles. The number of fused-ring (bicyclic) bond motifs is 4. The summed E-state index contributed by atoms with van der Waals surface area (Å²) in [6, 6.07) is 37.7. The van der Waals surface area contributed by atoms with E-state index in [9.17, 15) is 32.6 Å². The predicted molar refractivity (Wildman–Crippen MR) is 274 cm³/mol. The van der Waals surface area contributed by atoms with Crippen molar-refractivity contribution in [1.82, 2.24) is 9.80 Å². The molecule has 7 atom stereocenters. The number of ketones is 1. The van der Waals surface area contributed by atoms with Crippen molar-refractivity contribution >= 4 is 5.78 Å². The summed E-state index contributed by atoms with van der Waals surface area (Å²) in [7, 11) is 0. The molecule has 0 amide bonds. The maximum absolute atomic E-state index is 13.7. The zero-order valence-corrected chi connectivity index (χ0v) is 39.8. The van der Waals surface area contributed by atoms with Gasteiger partial charge >= 0.3 is 0 Å². The number of morpholine rings is 1. The minimum atomic E-state index is -1.57. The van der Waals surface area contributed by atoms with Gasteiger partial charge in [-0.15, -0.1) is 0 Å². The number of β-amino-alcohol motifs (C(OH)–C–C–N with tert-alkyl or cyclic N) is 1. The molecule has 6 aromatic carbocycles. The Labute approximate surface area is 431 Å². The first-order chi connectivity index (χ1) is 34.9. The van der Waals surface area contributed by atoms with Gasteiger partial charge in [0.15, 0.2) is 18.0 Å². The lowest BCUT2D eigenvalue weighted by molar-refractivity contribution is -0.315. The molecule has 5 heterocycles. The Balaban J connectivity index is 0.000000192. The van der Waals surface area contributed by atoms with Crippen LogP contribution in [0.5, 0.6) is 23.0 Å². The maximum atomic E-state index is 13.7. The average Bonchev–Trinajstić information content (AvgIpc) is 3.38. The third-order valence-electron chi connectivity index (χ3n) is 14.2. The minimum Gasteiger partial charge on any atom is -0.487 e. The molecule has 0 bridgehead atoms. The topological polar surface area (TPSA) is 110 Å². The monoisotopic (exact) mass is 1020 g/mol. The zero-order valence-electron chi connectivity index (χ0n) is 39.8. The van der Waals surface area contributed by atoms with Gasteiger partial charge in [0.1, 0.15) is 70.7 Å². The predicted octanol–water partition coefficient (Wildman–Crippen LogP) is 10.4. The summed E-state index contributed by atoms with van der Waals surface area (Å²) in [5, 5.41) is 23.0. The standard InChI is InChI=1S/2C29H29F2NO4.2CH4/c30-22-8-11-24-20(14-22)6-10-26(34-24)27-17-32(16-19-4-2-1-3-5-19)18-29(33,36-27)28-13-7-21-15-23(31)9-12-25(21)35-28;30-22-8-12-26-20(14-22)6-10-28(35-26)24(33)17-32(16-19-4-2-1-3-5-19)18-25(34)29-11-7-21-15-23(31)9-13-27(21)36-29;;/h1-5,8-9,11-12,14-15,26-28,33H,6-7,10,13,16-18H2;1-5,8-9,12-15,24,28-29,33H,6-7,10-11,16-18H2;2*1H4/t26-,27?,28-,29?;24?,28-,29?;;/m11../s1. The molecule has 0 aromatic heterocycles. The van der Waals surface area contributed by atoms with E-state index >= 15 is 0 Å². The molecule has 0 radical (unpaired) electrons. The molecule has 392 valence electrons. The highest BCUT2D eigenvalue weighted by Gasteiger charge is 2.50. The van der Waals surface area contributed by atoms with Crippen LogP contribution in [0.3, 0.4) is 0 Å². The van der Waals surface area contributed by atoms with Crippen molar-refractivity contribution in [3.05, 3.63) is 190 Å². The normalized spacial score (nSPS) is 23.1. The number of carbonyl (C=O) groups excluding carboxylic acids is 1. The van der Waals surface area contributed by atoms with Crippen molar-refractivity contribution < 1.29 is 56.3 Å². The second-order valence-corrected chi connectivity index (χ2v) is 19.5. The van der Waals surface area contributed by atoms with Crippen LogP contribution in [0.15, 0.2) is 133 Å². The summed E-state index contributed by atoms with van der Waals surface area (Å²) in [6.45, 7) is 2.30. The van der Waals surface area contributed by atoms with Gasteiger partial charge in [-0.1, -0.05) is 75.5 Å². The molecule has 74 heavy (non-hydrogen) atoms. The van der Waals surface area contributed by atoms with Gasteiger partial charge in [-0.3, -0.25) is 14.6 Å². The Hall–Kier alpha value is -6.29. The van der Waals surface area contributed by atoms with Crippen LogP contribution < -0.4 is 18.9 Å². The molecule has 0 aliphatic carbocycles. The molecular formula is C60H66F4N2O8. The number of ether oxygens (including phenoxy) is 5. The molecule has 0 saturated carbocycles. The number of Topliss-reactive ketones (excluding diaryl/α,β-unsaturated/α-hetero) is 1. The number of rotatable bonds is 12. The number of benzene rings is 6. The lowest BCUT2D eigenvalue weighted by atomic mass is 9.93. The fourth-order valence-electron chi connectivity index (χ4n) is 10.6. The van der Waals surface area contributed by atoms with Gasteiger partial charge in [-0.05, 0) is 158 Å². The maximum Gasteiger partial charge on any atom is 0.217 e. The first-order valence-electron chi connectivity index (χ1n) is 24.8. The second kappa shape index (κ2) is 23.9. The number of nitrogens with zero attached hydrogens (tertiary/aromatic N) is 2. The summed E-state index contributed by atoms with van der Waals surface area (Å²) in [5.74, 6) is -0.491. The van der Waals surface area contributed by atoms with Gasteiger partial charge in [0, 0.05) is 26.2 Å². The quantitative estimate of drug-likeness (QED) is 0.115. The van der Waals surface area contributed by atoms with E-state index in [-0.39, 0.29) is 69.6 Å². The van der Waals surface area contributed by atoms with Crippen molar-refractivity contribution in [2.45, 2.75) is 122 Å². The number of aryl methyl sites for hydroxylation is 4. The highest BCUT2D eigenvalue weighted by Crippen LogP contribution is 2.39. The molecule has 5 aliphatic heterocycles. The Kier molecular flexibility index (Phi) is 17.5. The fourth-order valence-corrected chi connectivity index (χ4v) is 10.6. The molecule has 4 unspecified atom stereocenters. The number of halogens is 4. The van der Waals surface area contributed by atoms with Crippen LogP contribution >= 0.6 is 0 Å². The Morgan fingerprint density at radius 1 is 0.608 bits per heavy atom. The minimum absolute atomic E-state index is 0. The van der Waals surface area contributed by atoms with Crippen LogP contribution in [0.25, 0.3) is 0 Å². The Bertz CT molecular complexity index is 2840. The van der Waals surface area contributed by atoms with Crippen LogP contribution in [0, 0.1) is 23.3 Å². The smallest absolute Gasteiger partial charge is 0.217 e. The van der Waals surface area contributed by atoms with E-state index in [1.54, 1.807) is 24.3 Å². The van der Waals surface area contributed by atoms with E-state index in [0.29, 0.717) is 94.0 Å². The molecule has 2 N–H and O–H groups in total. The molecule has 0 spiro atoms. The Morgan fingerprint density at radius 2 is 1.11 bits per heavy atom. The van der Waals surface area contributed by atoms with E-state index < -0.39 is 36.3 Å². The summed E-state index contributed by atoms with van der Waals surface area (Å²) in [6.07, 6.45) is 1.42. The van der Waals surface area contributed by atoms with Gasteiger partial charge in [0.2, 0.25) is 5.79 Å². The van der Waals surface area contributed by atoms with Gasteiger partial charge in [-0.2, -0.15) is 0 Å². The molecular weight excluding hydrogens is 953 g/mol. The number of aliphatic hydroxyl groups is 2. The summed E-state index contributed by atoms with van der Waals surface area (Å²) in [5.41, 5.74) is 5.36. The number of aliphatic hydroxyl groups excluding tert-OH is 1. The fraction of sp³-hybridized carbons (Fsp3) is 0.383. The van der Waals surface area contributed by atoms with Crippen molar-refractivity contribution in [3.8, 4) is 23.0 Å². The molecule has 5 aliphatic rings. The first kappa shape index (κ1) is 54.0. The van der Waals surface area contributed by atoms with E-state index in [2.05, 4.69) is 17.0 Å². The van der Waals surface area contributed by atoms with Crippen LogP contribution in [0.4, 0.5) is 17.6 Å². The number of hydrogen-bond donors (Lipinski definition) is 2. The highest BCUT2D eigenvalue weighted by atomic mass is 19.1. The molecule has 11 rings (SSSR count). The van der Waals surface area contributed by atoms with E-state index in [0.717, 1.165) is 33.4 Å². The summed E-state index contributed by atoms with van der Waals surface area (Å²) < 4.78 is 85.2. The number of carbonyl (C=O) groups is 1. The summed E-state index contributed by atoms with van der Waals surface area (Å²) >= 11 is 0. The van der Waals surface area contributed by atoms with Crippen LogP contribution in [-0.4, -0.2) is 94.4 Å². The van der Waals surface area contributed by atoms with Crippen molar-refractivity contribution in [1.29, 1.82) is 0 Å². The van der Waals surface area contributed by atoms with Crippen molar-refractivity contribution in [3.63, 3.8) is 0 Å². The third kappa shape index (κ3) is 13.0. The van der Waals surface area contributed by atoms with Gasteiger partial charge in [0.05, 0.1) is 13.1 Å². The molecule has 14 heteroatoms. The highest BCUT2D eigenvalue weighted by molar-refractivity contribution is 5.85. The lowest BCUT2D eigenvalue weighted by Crippen LogP contribution is -2.65. The third-order valence-corrected chi connectivity index (χ3v) is 14.2. The van der Waals surface area contributed by atoms with Crippen molar-refractivity contribution in [2.75, 3.05) is 26.2 Å². The van der Waals surface area contributed by atoms with Crippen LogP contribution in [0.1, 0.15) is 73.9 Å². The van der Waals surface area contributed by atoms with Gasteiger partial charge in [0.25, 0.3) is 0 Å². The van der Waals surface area contributed by atoms with Crippen molar-refractivity contribution in [2.24, 2.45) is 0 Å². The van der Waals surface area contributed by atoms with Crippen LogP contribution in [-0.2, 0) is 48.3 Å². The SMILES string of the molecule is C.C.O=C(CN(Cc1ccccc1)CC(O)[C@H]1CCc2cc(F)ccc2O1)C1CCc2cc(F)ccc2O1.OC1([C@H]2CCc3cc(F)ccc3O2)CN(Cc2ccccc2)CC([C@H]2CCc3cc(F)ccc3O2)O1. The zero-order chi connectivity index (χ0) is 49.8. The first-order valence-corrected chi connectivity index (χ1v) is 24.8. The second-order valence-electron chi connectivity index (χ2n) is 19.5. The van der Waals surface area contributed by atoms with E-state index in [1.807, 2.05) is 53.4 Å². The average molecular weight is 1020 g/mol. The molecule has 6 aromatic rings.